The number of rotatable bonds is 4. The molecule has 2 aromatic carbocycles. The number of fused-ring (bicyclic) bond motifs is 3. The van der Waals surface area contributed by atoms with Gasteiger partial charge in [-0.05, 0) is 53.3 Å². The van der Waals surface area contributed by atoms with Crippen LogP contribution in [0.1, 0.15) is 43.0 Å². The maximum Gasteiger partial charge on any atom is 0.0343 e. The summed E-state index contributed by atoms with van der Waals surface area (Å²) >= 11 is 0. The fraction of sp³-hybridized carbons (Fsp3) is 0.368. The van der Waals surface area contributed by atoms with Crippen LogP contribution in [0.2, 0.25) is 0 Å². The van der Waals surface area contributed by atoms with Crippen LogP contribution in [-0.4, -0.2) is 7.05 Å². The second kappa shape index (κ2) is 5.41. The Bertz CT molecular complexity index is 615. The Morgan fingerprint density at radius 1 is 1.05 bits per heavy atom. The Balaban J connectivity index is 2.03. The van der Waals surface area contributed by atoms with Crippen molar-refractivity contribution in [2.24, 2.45) is 5.92 Å². The summed E-state index contributed by atoms with van der Waals surface area (Å²) < 4.78 is 0. The summed E-state index contributed by atoms with van der Waals surface area (Å²) in [5.74, 6) is 0.648. The lowest BCUT2D eigenvalue weighted by Crippen LogP contribution is -2.23. The summed E-state index contributed by atoms with van der Waals surface area (Å²) in [5.41, 5.74) is 7.19. The zero-order valence-electron chi connectivity index (χ0n) is 12.6. The molecule has 1 N–H and O–H groups in total. The molecule has 20 heavy (non-hydrogen) atoms. The van der Waals surface area contributed by atoms with Gasteiger partial charge in [-0.2, -0.15) is 0 Å². The van der Waals surface area contributed by atoms with Crippen LogP contribution in [0, 0.1) is 5.92 Å². The normalized spacial score (nSPS) is 15.6. The minimum absolute atomic E-state index is 0.443. The van der Waals surface area contributed by atoms with Crippen molar-refractivity contribution in [3.8, 4) is 11.1 Å². The Morgan fingerprint density at radius 2 is 1.80 bits per heavy atom. The van der Waals surface area contributed by atoms with E-state index in [1.54, 1.807) is 0 Å². The summed E-state index contributed by atoms with van der Waals surface area (Å²) in [5, 5.41) is 3.48. The van der Waals surface area contributed by atoms with Crippen molar-refractivity contribution in [3.05, 3.63) is 59.2 Å². The molecular weight excluding hydrogens is 242 g/mol. The Labute approximate surface area is 122 Å². The van der Waals surface area contributed by atoms with Gasteiger partial charge in [-0.1, -0.05) is 56.7 Å². The number of hydrogen-bond acceptors (Lipinski definition) is 1. The summed E-state index contributed by atoms with van der Waals surface area (Å²) in [4.78, 5) is 0. The SMILES string of the molecule is CCC(C)C(NC)c1ccc2c(c1)-c1ccccc1C2. The van der Waals surface area contributed by atoms with Gasteiger partial charge in [-0.3, -0.25) is 0 Å². The second-order valence-corrected chi connectivity index (χ2v) is 5.90. The Morgan fingerprint density at radius 3 is 2.55 bits per heavy atom. The standard InChI is InChI=1S/C19H23N/c1-4-13(2)19(20-3)16-10-9-15-11-14-7-5-6-8-17(14)18(15)12-16/h5-10,12-13,19-20H,4,11H2,1-3H3. The minimum atomic E-state index is 0.443. The van der Waals surface area contributed by atoms with Crippen molar-refractivity contribution in [3.63, 3.8) is 0 Å². The first-order valence-corrected chi connectivity index (χ1v) is 7.63. The molecule has 1 nitrogen and oxygen atoms in total. The molecule has 0 heterocycles. The maximum atomic E-state index is 3.48. The van der Waals surface area contributed by atoms with E-state index in [0.29, 0.717) is 12.0 Å². The third-order valence-electron chi connectivity index (χ3n) is 4.71. The van der Waals surface area contributed by atoms with Gasteiger partial charge in [-0.15, -0.1) is 0 Å². The van der Waals surface area contributed by atoms with Gasteiger partial charge in [0.25, 0.3) is 0 Å². The summed E-state index contributed by atoms with van der Waals surface area (Å²) in [6.07, 6.45) is 2.28. The third-order valence-corrected chi connectivity index (χ3v) is 4.71. The van der Waals surface area contributed by atoms with Gasteiger partial charge < -0.3 is 5.32 Å². The van der Waals surface area contributed by atoms with E-state index >= 15 is 0 Å². The van der Waals surface area contributed by atoms with Crippen molar-refractivity contribution < 1.29 is 0 Å². The Hall–Kier alpha value is -1.60. The van der Waals surface area contributed by atoms with Crippen LogP contribution in [0.25, 0.3) is 11.1 Å². The predicted molar refractivity (Wildman–Crippen MR) is 85.9 cm³/mol. The molecule has 0 saturated heterocycles. The van der Waals surface area contributed by atoms with Gasteiger partial charge in [0.05, 0.1) is 0 Å². The summed E-state index contributed by atoms with van der Waals surface area (Å²) in [6.45, 7) is 4.58. The first-order chi connectivity index (χ1) is 9.74. The van der Waals surface area contributed by atoms with Crippen LogP contribution in [0.15, 0.2) is 42.5 Å². The van der Waals surface area contributed by atoms with E-state index in [-0.39, 0.29) is 0 Å². The molecule has 104 valence electrons. The molecule has 1 aliphatic rings. The van der Waals surface area contributed by atoms with E-state index in [2.05, 4.69) is 68.7 Å². The van der Waals surface area contributed by atoms with E-state index in [9.17, 15) is 0 Å². The lowest BCUT2D eigenvalue weighted by Gasteiger charge is -2.23. The lowest BCUT2D eigenvalue weighted by atomic mass is 9.90. The molecule has 0 fully saturated rings. The van der Waals surface area contributed by atoms with E-state index in [1.807, 2.05) is 0 Å². The predicted octanol–water partition coefficient (Wildman–Crippen LogP) is 4.56. The van der Waals surface area contributed by atoms with Crippen molar-refractivity contribution in [2.75, 3.05) is 7.05 Å². The zero-order chi connectivity index (χ0) is 14.1. The van der Waals surface area contributed by atoms with E-state index < -0.39 is 0 Å². The molecule has 2 aromatic rings. The number of benzene rings is 2. The molecule has 2 unspecified atom stereocenters. The highest BCUT2D eigenvalue weighted by Gasteiger charge is 2.21. The first-order valence-electron chi connectivity index (χ1n) is 7.63. The van der Waals surface area contributed by atoms with Gasteiger partial charge in [0, 0.05) is 6.04 Å². The van der Waals surface area contributed by atoms with Crippen molar-refractivity contribution >= 4 is 0 Å². The lowest BCUT2D eigenvalue weighted by molar-refractivity contribution is 0.400. The molecule has 0 spiro atoms. The van der Waals surface area contributed by atoms with E-state index in [4.69, 9.17) is 0 Å². The van der Waals surface area contributed by atoms with Crippen LogP contribution < -0.4 is 5.32 Å². The smallest absolute Gasteiger partial charge is 0.0343 e. The van der Waals surface area contributed by atoms with Crippen LogP contribution >= 0.6 is 0 Å². The highest BCUT2D eigenvalue weighted by atomic mass is 14.9. The van der Waals surface area contributed by atoms with Gasteiger partial charge in [0.1, 0.15) is 0 Å². The monoisotopic (exact) mass is 265 g/mol. The molecular formula is C19H23N. The van der Waals surface area contributed by atoms with Gasteiger partial charge in [0.2, 0.25) is 0 Å². The second-order valence-electron chi connectivity index (χ2n) is 5.90. The topological polar surface area (TPSA) is 12.0 Å². The van der Waals surface area contributed by atoms with Gasteiger partial charge in [-0.25, -0.2) is 0 Å². The summed E-state index contributed by atoms with van der Waals surface area (Å²) in [7, 11) is 2.07. The number of nitrogens with one attached hydrogen (secondary N) is 1. The Kier molecular flexibility index (Phi) is 3.62. The first kappa shape index (κ1) is 13.4. The van der Waals surface area contributed by atoms with Crippen LogP contribution in [0.4, 0.5) is 0 Å². The molecule has 3 rings (SSSR count). The maximum absolute atomic E-state index is 3.48. The average molecular weight is 265 g/mol. The molecule has 0 amide bonds. The minimum Gasteiger partial charge on any atom is -0.313 e. The average Bonchev–Trinajstić information content (AvgIpc) is 2.86. The zero-order valence-corrected chi connectivity index (χ0v) is 12.6. The van der Waals surface area contributed by atoms with Crippen molar-refractivity contribution in [1.82, 2.24) is 5.32 Å². The van der Waals surface area contributed by atoms with Crippen LogP contribution in [0.5, 0.6) is 0 Å². The molecule has 0 radical (unpaired) electrons. The van der Waals surface area contributed by atoms with E-state index in [0.717, 1.165) is 6.42 Å². The fourth-order valence-electron chi connectivity index (χ4n) is 3.35. The highest BCUT2D eigenvalue weighted by Crippen LogP contribution is 2.38. The molecule has 1 aliphatic carbocycles. The third kappa shape index (κ3) is 2.16. The quantitative estimate of drug-likeness (QED) is 0.729. The number of hydrogen-bond donors (Lipinski definition) is 1. The van der Waals surface area contributed by atoms with Gasteiger partial charge in [0.15, 0.2) is 0 Å². The molecule has 1 heteroatoms. The van der Waals surface area contributed by atoms with Crippen molar-refractivity contribution in [1.29, 1.82) is 0 Å². The van der Waals surface area contributed by atoms with Gasteiger partial charge >= 0.3 is 0 Å². The largest absolute Gasteiger partial charge is 0.313 e. The van der Waals surface area contributed by atoms with Crippen molar-refractivity contribution in [2.45, 2.75) is 32.7 Å². The highest BCUT2D eigenvalue weighted by molar-refractivity contribution is 5.77. The van der Waals surface area contributed by atoms with Crippen LogP contribution in [-0.2, 0) is 6.42 Å². The molecule has 0 aliphatic heterocycles. The summed E-state index contributed by atoms with van der Waals surface area (Å²) in [6, 6.07) is 16.2. The molecule has 0 saturated carbocycles. The molecule has 2 atom stereocenters. The molecule has 0 bridgehead atoms. The molecule has 0 aromatic heterocycles. The fourth-order valence-corrected chi connectivity index (χ4v) is 3.35. The van der Waals surface area contributed by atoms with Crippen LogP contribution in [0.3, 0.4) is 0 Å². The van der Waals surface area contributed by atoms with E-state index in [1.165, 1.54) is 34.2 Å².